The number of thioether (sulfide) groups is 1. The van der Waals surface area contributed by atoms with Gasteiger partial charge >= 0.3 is 7.12 Å². The van der Waals surface area contributed by atoms with Gasteiger partial charge in [-0.15, -0.1) is 0 Å². The molecular formula is C19H26BClO3S. The highest BCUT2D eigenvalue weighted by atomic mass is 35.5. The maximum absolute atomic E-state index is 11.5. The third-order valence-electron chi connectivity index (χ3n) is 4.81. The number of halogens is 1. The third-order valence-corrected chi connectivity index (χ3v) is 6.29. The molecule has 25 heavy (non-hydrogen) atoms. The Hall–Kier alpha value is -0.745. The van der Waals surface area contributed by atoms with Crippen LogP contribution in [0.15, 0.2) is 17.6 Å². The van der Waals surface area contributed by atoms with Crippen molar-refractivity contribution in [2.75, 3.05) is 5.75 Å². The second-order valence-electron chi connectivity index (χ2n) is 7.56. The molecule has 1 heterocycles. The van der Waals surface area contributed by atoms with Crippen LogP contribution in [0.1, 0.15) is 51.3 Å². The molecule has 0 N–H and O–H groups in total. The highest BCUT2D eigenvalue weighted by Crippen LogP contribution is 2.39. The molecule has 0 atom stereocenters. The van der Waals surface area contributed by atoms with E-state index in [4.69, 9.17) is 20.9 Å². The quantitative estimate of drug-likeness (QED) is 0.668. The summed E-state index contributed by atoms with van der Waals surface area (Å²) >= 11 is 7.54. The van der Waals surface area contributed by atoms with Gasteiger partial charge in [0.05, 0.1) is 11.2 Å². The summed E-state index contributed by atoms with van der Waals surface area (Å²) in [5, 5.41) is 0.860. The summed E-state index contributed by atoms with van der Waals surface area (Å²) in [6.07, 6.45) is 2.05. The van der Waals surface area contributed by atoms with Crippen LogP contribution in [0.5, 0.6) is 0 Å². The lowest BCUT2D eigenvalue weighted by atomic mass is 9.78. The van der Waals surface area contributed by atoms with Gasteiger partial charge in [-0.2, -0.15) is 0 Å². The normalized spacial score (nSPS) is 19.4. The summed E-state index contributed by atoms with van der Waals surface area (Å²) in [7, 11) is -0.465. The van der Waals surface area contributed by atoms with E-state index in [9.17, 15) is 4.79 Å². The molecule has 0 spiro atoms. The van der Waals surface area contributed by atoms with E-state index in [2.05, 4.69) is 6.08 Å². The van der Waals surface area contributed by atoms with Crippen molar-refractivity contribution in [3.63, 3.8) is 0 Å². The van der Waals surface area contributed by atoms with Crippen LogP contribution >= 0.6 is 23.4 Å². The molecule has 1 aliphatic heterocycles. The maximum Gasteiger partial charge on any atom is 0.491 e. The Morgan fingerprint density at radius 2 is 1.64 bits per heavy atom. The minimum Gasteiger partial charge on any atom is -0.400 e. The maximum atomic E-state index is 11.5. The van der Waals surface area contributed by atoms with E-state index in [1.807, 2.05) is 53.7 Å². The molecule has 3 nitrogen and oxygen atoms in total. The summed E-state index contributed by atoms with van der Waals surface area (Å²) in [6.45, 7) is 13.7. The van der Waals surface area contributed by atoms with E-state index in [0.717, 1.165) is 27.2 Å². The summed E-state index contributed by atoms with van der Waals surface area (Å²) in [6, 6.07) is 4.08. The number of hydrogen-bond acceptors (Lipinski definition) is 4. The summed E-state index contributed by atoms with van der Waals surface area (Å²) in [4.78, 5) is 11.5. The average Bonchev–Trinajstić information content (AvgIpc) is 2.68. The van der Waals surface area contributed by atoms with Gasteiger partial charge in [0.25, 0.3) is 0 Å². The number of carbonyl (C=O) groups is 1. The van der Waals surface area contributed by atoms with Crippen LogP contribution in [0, 0.1) is 13.8 Å². The van der Waals surface area contributed by atoms with Crippen LogP contribution in [0.3, 0.4) is 0 Å². The van der Waals surface area contributed by atoms with Gasteiger partial charge < -0.3 is 9.31 Å². The Balaban J connectivity index is 2.38. The molecule has 0 radical (unpaired) electrons. The first-order valence-corrected chi connectivity index (χ1v) is 9.75. The highest BCUT2D eigenvalue weighted by molar-refractivity contribution is 8.13. The number of benzene rings is 1. The van der Waals surface area contributed by atoms with Crippen LogP contribution in [0.2, 0.25) is 5.02 Å². The summed E-state index contributed by atoms with van der Waals surface area (Å²) < 4.78 is 12.3. The SMILES string of the molecule is CC(=O)SCC(=Cc1cc(C)c(Cl)c(C)c1)B1OC(C)(C)C(C)(C)O1. The van der Waals surface area contributed by atoms with Crippen molar-refractivity contribution in [1.29, 1.82) is 0 Å². The van der Waals surface area contributed by atoms with Crippen molar-refractivity contribution in [1.82, 2.24) is 0 Å². The van der Waals surface area contributed by atoms with E-state index in [1.54, 1.807) is 6.92 Å². The lowest BCUT2D eigenvalue weighted by Gasteiger charge is -2.32. The molecule has 0 aliphatic carbocycles. The molecule has 1 saturated heterocycles. The van der Waals surface area contributed by atoms with Crippen molar-refractivity contribution in [2.45, 2.75) is 59.7 Å². The van der Waals surface area contributed by atoms with E-state index < -0.39 is 18.3 Å². The minimum absolute atomic E-state index is 0.0749. The molecule has 1 aliphatic rings. The van der Waals surface area contributed by atoms with Crippen LogP contribution in [0.4, 0.5) is 0 Å². The van der Waals surface area contributed by atoms with E-state index in [1.165, 1.54) is 11.8 Å². The second kappa shape index (κ2) is 7.47. The molecular weight excluding hydrogens is 355 g/mol. The van der Waals surface area contributed by atoms with Gasteiger partial charge in [0.2, 0.25) is 0 Å². The van der Waals surface area contributed by atoms with Gasteiger partial charge in [-0.3, -0.25) is 4.79 Å². The van der Waals surface area contributed by atoms with Crippen LogP contribution in [-0.4, -0.2) is 29.2 Å². The lowest BCUT2D eigenvalue weighted by Crippen LogP contribution is -2.41. The zero-order chi connectivity index (χ0) is 19.0. The molecule has 0 saturated carbocycles. The first kappa shape index (κ1) is 20.6. The molecule has 1 aromatic rings. The third kappa shape index (κ3) is 4.70. The van der Waals surface area contributed by atoms with Crippen molar-refractivity contribution in [2.24, 2.45) is 0 Å². The van der Waals surface area contributed by atoms with E-state index >= 15 is 0 Å². The molecule has 1 aromatic carbocycles. The van der Waals surface area contributed by atoms with Crippen LogP contribution in [0.25, 0.3) is 6.08 Å². The Kier molecular flexibility index (Phi) is 6.15. The second-order valence-corrected chi connectivity index (χ2v) is 9.09. The van der Waals surface area contributed by atoms with Crippen LogP contribution < -0.4 is 0 Å². The first-order valence-electron chi connectivity index (χ1n) is 8.39. The monoisotopic (exact) mass is 380 g/mol. The Labute approximate surface area is 160 Å². The van der Waals surface area contributed by atoms with Gasteiger partial charge in [0.15, 0.2) is 5.12 Å². The first-order chi connectivity index (χ1) is 11.4. The smallest absolute Gasteiger partial charge is 0.400 e. The number of carbonyl (C=O) groups excluding carboxylic acids is 1. The van der Waals surface area contributed by atoms with E-state index in [0.29, 0.717) is 5.75 Å². The standard InChI is InChI=1S/C19H26BClO3S/c1-12-8-15(9-13(2)17(12)21)10-16(11-25-14(3)22)20-23-18(4,5)19(6,7)24-20/h8-10H,11H2,1-7H3. The fourth-order valence-electron chi connectivity index (χ4n) is 2.63. The summed E-state index contributed by atoms with van der Waals surface area (Å²) in [5.41, 5.74) is 3.21. The Morgan fingerprint density at radius 1 is 1.16 bits per heavy atom. The van der Waals surface area contributed by atoms with E-state index in [-0.39, 0.29) is 5.12 Å². The van der Waals surface area contributed by atoms with Crippen molar-refractivity contribution in [3.8, 4) is 0 Å². The van der Waals surface area contributed by atoms with Crippen molar-refractivity contribution in [3.05, 3.63) is 39.3 Å². The van der Waals surface area contributed by atoms with Crippen molar-refractivity contribution < 1.29 is 14.1 Å². The Morgan fingerprint density at radius 3 is 2.08 bits per heavy atom. The van der Waals surface area contributed by atoms with Gasteiger partial charge in [-0.25, -0.2) is 0 Å². The fourth-order valence-corrected chi connectivity index (χ4v) is 3.33. The lowest BCUT2D eigenvalue weighted by molar-refractivity contribution is -0.109. The van der Waals surface area contributed by atoms with Crippen LogP contribution in [-0.2, 0) is 14.1 Å². The number of rotatable bonds is 4. The highest BCUT2D eigenvalue weighted by Gasteiger charge is 2.52. The molecule has 6 heteroatoms. The van der Waals surface area contributed by atoms with Gasteiger partial charge in [0, 0.05) is 17.7 Å². The fraction of sp³-hybridized carbons (Fsp3) is 0.526. The molecule has 0 bridgehead atoms. The minimum atomic E-state index is -0.465. The predicted molar refractivity (Wildman–Crippen MR) is 108 cm³/mol. The molecule has 2 rings (SSSR count). The summed E-state index contributed by atoms with van der Waals surface area (Å²) in [5.74, 6) is 0.535. The topological polar surface area (TPSA) is 35.5 Å². The van der Waals surface area contributed by atoms with Gasteiger partial charge in [0.1, 0.15) is 0 Å². The molecule has 0 amide bonds. The Bertz CT molecular complexity index is 674. The molecule has 0 aromatic heterocycles. The molecule has 0 unspecified atom stereocenters. The molecule has 136 valence electrons. The zero-order valence-corrected chi connectivity index (χ0v) is 17.6. The largest absolute Gasteiger partial charge is 0.491 e. The number of hydrogen-bond donors (Lipinski definition) is 0. The van der Waals surface area contributed by atoms with Crippen molar-refractivity contribution >= 4 is 41.7 Å². The van der Waals surface area contributed by atoms with Gasteiger partial charge in [-0.05, 0) is 63.7 Å². The van der Waals surface area contributed by atoms with Gasteiger partial charge in [-0.1, -0.05) is 41.6 Å². The zero-order valence-electron chi connectivity index (χ0n) is 16.0. The number of aryl methyl sites for hydroxylation is 2. The average molecular weight is 381 g/mol. The predicted octanol–water partition coefficient (Wildman–Crippen LogP) is 5.25. The molecule has 1 fully saturated rings.